The summed E-state index contributed by atoms with van der Waals surface area (Å²) in [5.41, 5.74) is 0. The van der Waals surface area contributed by atoms with Gasteiger partial charge in [0.05, 0.1) is 25.4 Å². The Morgan fingerprint density at radius 1 is 0.487 bits per heavy atom. The monoisotopic (exact) mass is 1130 g/mol. The molecule has 464 valence electrons. The Morgan fingerprint density at radius 2 is 0.863 bits per heavy atom. The zero-order chi connectivity index (χ0) is 58.2. The van der Waals surface area contributed by atoms with Crippen molar-refractivity contribution in [2.24, 2.45) is 0 Å². The summed E-state index contributed by atoms with van der Waals surface area (Å²) >= 11 is 0. The molecule has 6 N–H and O–H groups in total. The van der Waals surface area contributed by atoms with Crippen molar-refractivity contribution in [2.75, 3.05) is 13.2 Å². The Bertz CT molecular complexity index is 1580. The van der Waals surface area contributed by atoms with Crippen molar-refractivity contribution in [3.8, 4) is 0 Å². The zero-order valence-corrected chi connectivity index (χ0v) is 51.4. The van der Waals surface area contributed by atoms with E-state index < -0.39 is 67.4 Å². The first-order valence-electron chi connectivity index (χ1n) is 33.2. The van der Waals surface area contributed by atoms with Gasteiger partial charge in [-0.25, -0.2) is 0 Å². The maximum atomic E-state index is 13.5. The molecule has 0 aliphatic carbocycles. The van der Waals surface area contributed by atoms with Crippen LogP contribution in [0.4, 0.5) is 0 Å². The number of amides is 1. The minimum atomic E-state index is -1.62. The topological polar surface area (TPSA) is 175 Å². The van der Waals surface area contributed by atoms with E-state index in [9.17, 15) is 35.1 Å². The molecule has 1 amide bonds. The molecule has 1 rings (SSSR count). The molecule has 0 aromatic heterocycles. The SMILES string of the molecule is CCCCC/C=C\C/C=C\C/C=C\C/C=C\CCCCCCCCCCCCC(O)C(=O)NC(COC1OC(CO)C(O)C(O)C1OC(=O)CCCCC/C=C\CCCCCCCC)C(O)/C=C/CCCCCCCCCCCC. The number of rotatable bonds is 56. The first kappa shape index (κ1) is 75.1. The maximum absolute atomic E-state index is 13.5. The number of carbonyl (C=O) groups excluding carboxylic acids is 2. The summed E-state index contributed by atoms with van der Waals surface area (Å²) in [6.07, 6.45) is 62.3. The number of esters is 1. The van der Waals surface area contributed by atoms with Crippen LogP contribution in [-0.4, -0.2) is 99.6 Å². The second-order valence-electron chi connectivity index (χ2n) is 22.8. The standard InChI is InChI=1S/C69H123NO10/c1-4-7-10-13-16-19-22-25-26-27-28-29-30-31-32-33-34-35-36-37-39-41-44-47-50-53-56-62(73)68(77)70-60(61(72)55-52-49-46-43-40-24-21-18-15-12-9-6-3)59-78-69-67(66(76)65(75)63(58-71)79-69)80-64(74)57-54-51-48-45-42-38-23-20-17-14-11-8-5-2/h16,19,25-26,28-29,31-32,38,42,52,55,60-63,65-67,69,71-73,75-76H,4-15,17-18,20-24,27,30,33-37,39-41,43-51,53-54,56-59H2,1-3H3,(H,70,77)/b19-16-,26-25-,29-28-,32-31-,42-38-,55-52+. The quantitative estimate of drug-likeness (QED) is 0.0195. The van der Waals surface area contributed by atoms with Crippen molar-refractivity contribution in [2.45, 2.75) is 339 Å². The fraction of sp³-hybridized carbons (Fsp3) is 0.797. The molecule has 0 radical (unpaired) electrons. The van der Waals surface area contributed by atoms with Crippen molar-refractivity contribution in [1.82, 2.24) is 5.32 Å². The molecule has 1 fully saturated rings. The summed E-state index contributed by atoms with van der Waals surface area (Å²) in [4.78, 5) is 26.6. The highest BCUT2D eigenvalue weighted by atomic mass is 16.7. The second-order valence-corrected chi connectivity index (χ2v) is 22.8. The molecule has 8 unspecified atom stereocenters. The molecular formula is C69H123NO10. The van der Waals surface area contributed by atoms with Gasteiger partial charge < -0.3 is 45.1 Å². The predicted octanol–water partition coefficient (Wildman–Crippen LogP) is 16.3. The summed E-state index contributed by atoms with van der Waals surface area (Å²) in [6, 6.07) is -1.03. The number of nitrogens with one attached hydrogen (secondary N) is 1. The van der Waals surface area contributed by atoms with E-state index in [1.54, 1.807) is 6.08 Å². The number of allylic oxidation sites excluding steroid dienone is 11. The van der Waals surface area contributed by atoms with E-state index in [2.05, 4.69) is 86.8 Å². The fourth-order valence-corrected chi connectivity index (χ4v) is 10.0. The van der Waals surface area contributed by atoms with E-state index >= 15 is 0 Å². The van der Waals surface area contributed by atoms with Gasteiger partial charge in [-0.3, -0.25) is 9.59 Å². The van der Waals surface area contributed by atoms with E-state index in [0.717, 1.165) is 89.9 Å². The van der Waals surface area contributed by atoms with Gasteiger partial charge in [-0.2, -0.15) is 0 Å². The lowest BCUT2D eigenvalue weighted by molar-refractivity contribution is -0.305. The average Bonchev–Trinajstić information content (AvgIpc) is 3.51. The molecule has 80 heavy (non-hydrogen) atoms. The van der Waals surface area contributed by atoms with Gasteiger partial charge in [0.1, 0.15) is 24.4 Å². The Labute approximate surface area is 490 Å². The Kier molecular flexibility index (Phi) is 53.1. The highest BCUT2D eigenvalue weighted by Gasteiger charge is 2.47. The molecule has 0 saturated carbocycles. The maximum Gasteiger partial charge on any atom is 0.306 e. The molecule has 1 aliphatic rings. The Morgan fingerprint density at radius 3 is 1.32 bits per heavy atom. The normalized spacial score (nSPS) is 19.2. The van der Waals surface area contributed by atoms with Gasteiger partial charge in [0.2, 0.25) is 5.91 Å². The minimum Gasteiger partial charge on any atom is -0.454 e. The van der Waals surface area contributed by atoms with Crippen molar-refractivity contribution in [3.63, 3.8) is 0 Å². The summed E-state index contributed by atoms with van der Waals surface area (Å²) < 4.78 is 17.6. The van der Waals surface area contributed by atoms with Gasteiger partial charge in [-0.05, 0) is 96.3 Å². The van der Waals surface area contributed by atoms with Crippen LogP contribution in [0, 0.1) is 0 Å². The van der Waals surface area contributed by atoms with E-state index in [-0.39, 0.29) is 19.4 Å². The summed E-state index contributed by atoms with van der Waals surface area (Å²) in [5, 5.41) is 57.0. The van der Waals surface area contributed by atoms with Gasteiger partial charge in [-0.15, -0.1) is 0 Å². The van der Waals surface area contributed by atoms with Gasteiger partial charge in [0, 0.05) is 6.42 Å². The Balaban J connectivity index is 2.60. The van der Waals surface area contributed by atoms with Crippen LogP contribution in [0.2, 0.25) is 0 Å². The van der Waals surface area contributed by atoms with Gasteiger partial charge >= 0.3 is 5.97 Å². The van der Waals surface area contributed by atoms with Crippen molar-refractivity contribution < 1.29 is 49.3 Å². The molecule has 0 spiro atoms. The number of carbonyl (C=O) groups is 2. The number of hydrogen-bond donors (Lipinski definition) is 6. The van der Waals surface area contributed by atoms with E-state index in [1.165, 1.54) is 154 Å². The molecule has 1 heterocycles. The molecule has 11 nitrogen and oxygen atoms in total. The van der Waals surface area contributed by atoms with Crippen LogP contribution < -0.4 is 5.32 Å². The number of unbranched alkanes of at least 4 members (excludes halogenated alkanes) is 32. The average molecular weight is 1130 g/mol. The molecule has 1 saturated heterocycles. The second kappa shape index (κ2) is 56.6. The lowest BCUT2D eigenvalue weighted by Gasteiger charge is -2.41. The first-order chi connectivity index (χ1) is 39.2. The van der Waals surface area contributed by atoms with Crippen LogP contribution in [-0.2, 0) is 23.8 Å². The third-order valence-corrected chi connectivity index (χ3v) is 15.3. The lowest BCUT2D eigenvalue weighted by atomic mass is 9.99. The molecule has 0 bridgehead atoms. The highest BCUT2D eigenvalue weighted by Crippen LogP contribution is 2.26. The van der Waals surface area contributed by atoms with E-state index in [1.807, 2.05) is 6.08 Å². The number of ether oxygens (including phenoxy) is 3. The third kappa shape index (κ3) is 43.7. The van der Waals surface area contributed by atoms with E-state index in [4.69, 9.17) is 14.2 Å². The van der Waals surface area contributed by atoms with Crippen LogP contribution in [0.3, 0.4) is 0 Å². The van der Waals surface area contributed by atoms with Gasteiger partial charge in [0.15, 0.2) is 12.4 Å². The first-order valence-corrected chi connectivity index (χ1v) is 33.2. The largest absolute Gasteiger partial charge is 0.454 e. The lowest BCUT2D eigenvalue weighted by Crippen LogP contribution is -2.61. The highest BCUT2D eigenvalue weighted by molar-refractivity contribution is 5.80. The van der Waals surface area contributed by atoms with Crippen LogP contribution in [0.25, 0.3) is 0 Å². The number of aliphatic hydroxyl groups is 5. The van der Waals surface area contributed by atoms with Crippen molar-refractivity contribution in [1.29, 1.82) is 0 Å². The minimum absolute atomic E-state index is 0.102. The van der Waals surface area contributed by atoms with Crippen LogP contribution in [0.5, 0.6) is 0 Å². The fourth-order valence-electron chi connectivity index (χ4n) is 10.0. The molecular weight excluding hydrogens is 1000 g/mol. The zero-order valence-electron chi connectivity index (χ0n) is 51.4. The van der Waals surface area contributed by atoms with Crippen molar-refractivity contribution >= 4 is 11.9 Å². The Hall–Kier alpha value is -2.90. The predicted molar refractivity (Wildman–Crippen MR) is 333 cm³/mol. The smallest absolute Gasteiger partial charge is 0.306 e. The molecule has 0 aromatic carbocycles. The molecule has 1 aliphatic heterocycles. The van der Waals surface area contributed by atoms with Crippen LogP contribution in [0.1, 0.15) is 290 Å². The summed E-state index contributed by atoms with van der Waals surface area (Å²) in [5.74, 6) is -1.21. The molecule has 8 atom stereocenters. The number of hydrogen-bond acceptors (Lipinski definition) is 10. The third-order valence-electron chi connectivity index (χ3n) is 15.3. The molecule has 0 aromatic rings. The van der Waals surface area contributed by atoms with Crippen LogP contribution in [0.15, 0.2) is 72.9 Å². The van der Waals surface area contributed by atoms with Gasteiger partial charge in [0.25, 0.3) is 0 Å². The summed E-state index contributed by atoms with van der Waals surface area (Å²) in [6.45, 7) is 5.75. The van der Waals surface area contributed by atoms with Gasteiger partial charge in [-0.1, -0.05) is 261 Å². The number of aliphatic hydroxyl groups excluding tert-OH is 5. The summed E-state index contributed by atoms with van der Waals surface area (Å²) in [7, 11) is 0. The van der Waals surface area contributed by atoms with E-state index in [0.29, 0.717) is 12.8 Å². The molecule has 11 heteroatoms. The van der Waals surface area contributed by atoms with Crippen LogP contribution >= 0.6 is 0 Å². The van der Waals surface area contributed by atoms with Crippen molar-refractivity contribution in [3.05, 3.63) is 72.9 Å².